The van der Waals surface area contributed by atoms with Gasteiger partial charge in [0, 0.05) is 31.8 Å². The molecule has 8 nitrogen and oxygen atoms in total. The molecule has 0 aliphatic carbocycles. The second kappa shape index (κ2) is 11.0. The van der Waals surface area contributed by atoms with Crippen LogP contribution in [-0.2, 0) is 33.3 Å². The third kappa shape index (κ3) is 8.70. The quantitative estimate of drug-likeness (QED) is 0.256. The highest BCUT2D eigenvalue weighted by Gasteiger charge is 2.53. The lowest BCUT2D eigenvalue weighted by atomic mass is 9.85. The van der Waals surface area contributed by atoms with Crippen LogP contribution in [-0.4, -0.2) is 61.5 Å². The van der Waals surface area contributed by atoms with Gasteiger partial charge >= 0.3 is 5.97 Å². The van der Waals surface area contributed by atoms with E-state index in [0.29, 0.717) is 13.2 Å². The molecule has 3 saturated heterocycles. The average molecular weight is 464 g/mol. The van der Waals surface area contributed by atoms with E-state index in [1.165, 1.54) is 19.1 Å². The largest absolute Gasteiger partial charge is 0.459 e. The van der Waals surface area contributed by atoms with Gasteiger partial charge in [0.05, 0.1) is 37.1 Å². The van der Waals surface area contributed by atoms with Gasteiger partial charge in [-0.15, -0.1) is 0 Å². The summed E-state index contributed by atoms with van der Waals surface area (Å²) in [6, 6.07) is 0. The van der Waals surface area contributed by atoms with Crippen molar-refractivity contribution >= 4 is 11.9 Å². The standard InChI is InChI=1S/C25H37NO7/c1-17(7-10-21-12-25(16-31-25)15-24(4,5)33-21)6-9-20-13-29-23(30-14-20)26-22(28)11-8-18(2)32-19(3)27/h6-8,10-11,18,20-21,23H,9,12-16H2,1-5H3,(H,26,28)/b10-7+,11-8+,17-6+/t18-,20?,21+,23?,25-/m1/s1. The molecule has 0 aromatic carbocycles. The number of allylic oxidation sites excluding steroid dienone is 3. The Kier molecular flexibility index (Phi) is 8.50. The first-order valence-corrected chi connectivity index (χ1v) is 11.6. The average Bonchev–Trinajstić information content (AvgIpc) is 3.46. The molecule has 0 aromatic rings. The molecule has 0 radical (unpaired) electrons. The van der Waals surface area contributed by atoms with Crippen LogP contribution in [0.25, 0.3) is 0 Å². The number of ether oxygens (including phenoxy) is 5. The maximum atomic E-state index is 12.0. The molecule has 1 amide bonds. The zero-order chi connectivity index (χ0) is 24.1. The van der Waals surface area contributed by atoms with E-state index in [2.05, 4.69) is 44.3 Å². The highest BCUT2D eigenvalue weighted by molar-refractivity contribution is 5.87. The number of amides is 1. The molecule has 3 rings (SSSR count). The molecule has 3 heterocycles. The van der Waals surface area contributed by atoms with Crippen molar-refractivity contribution in [3.8, 4) is 0 Å². The number of hydrogen-bond donors (Lipinski definition) is 1. The van der Waals surface area contributed by atoms with Gasteiger partial charge in [-0.3, -0.25) is 9.59 Å². The minimum absolute atomic E-state index is 0.0213. The van der Waals surface area contributed by atoms with E-state index in [-0.39, 0.29) is 29.1 Å². The Bertz CT molecular complexity index is 783. The molecule has 3 aliphatic heterocycles. The molecule has 8 heteroatoms. The predicted molar refractivity (Wildman–Crippen MR) is 122 cm³/mol. The summed E-state index contributed by atoms with van der Waals surface area (Å²) in [4.78, 5) is 22.8. The van der Waals surface area contributed by atoms with Crippen LogP contribution in [0.5, 0.6) is 0 Å². The minimum atomic E-state index is -0.781. The minimum Gasteiger partial charge on any atom is -0.459 e. The number of esters is 1. The zero-order valence-corrected chi connectivity index (χ0v) is 20.3. The number of rotatable bonds is 8. The van der Waals surface area contributed by atoms with Crippen molar-refractivity contribution in [1.82, 2.24) is 5.32 Å². The van der Waals surface area contributed by atoms with Gasteiger partial charge in [-0.05, 0) is 40.2 Å². The number of epoxide rings is 1. The van der Waals surface area contributed by atoms with Gasteiger partial charge in [0.2, 0.25) is 12.3 Å². The first kappa shape index (κ1) is 25.6. The van der Waals surface area contributed by atoms with Crippen molar-refractivity contribution in [3.05, 3.63) is 36.0 Å². The van der Waals surface area contributed by atoms with Gasteiger partial charge in [0.15, 0.2) is 0 Å². The summed E-state index contributed by atoms with van der Waals surface area (Å²) in [5.74, 6) is -0.552. The molecule has 3 aliphatic rings. The third-order valence-electron chi connectivity index (χ3n) is 5.79. The van der Waals surface area contributed by atoms with Gasteiger partial charge in [-0.2, -0.15) is 0 Å². The molecule has 1 N–H and O–H groups in total. The van der Waals surface area contributed by atoms with Crippen LogP contribution < -0.4 is 5.32 Å². The number of nitrogens with one attached hydrogen (secondary N) is 1. The van der Waals surface area contributed by atoms with Crippen molar-refractivity contribution in [2.75, 3.05) is 19.8 Å². The molecule has 0 unspecified atom stereocenters. The monoisotopic (exact) mass is 463 g/mol. The normalized spacial score (nSPS) is 32.8. The Labute approximate surface area is 196 Å². The zero-order valence-electron chi connectivity index (χ0n) is 20.3. The van der Waals surface area contributed by atoms with Gasteiger partial charge in [-0.25, -0.2) is 0 Å². The van der Waals surface area contributed by atoms with Crippen LogP contribution in [0.2, 0.25) is 0 Å². The Hall–Kier alpha value is -2.00. The van der Waals surface area contributed by atoms with E-state index >= 15 is 0 Å². The van der Waals surface area contributed by atoms with Crippen molar-refractivity contribution in [2.45, 2.75) is 83.7 Å². The topological polar surface area (TPSA) is 95.6 Å². The first-order chi connectivity index (χ1) is 15.5. The van der Waals surface area contributed by atoms with E-state index < -0.39 is 18.5 Å². The highest BCUT2D eigenvalue weighted by Crippen LogP contribution is 2.46. The Balaban J connectivity index is 1.36. The van der Waals surface area contributed by atoms with E-state index in [4.69, 9.17) is 23.7 Å². The Morgan fingerprint density at radius 1 is 1.18 bits per heavy atom. The second-order valence-corrected chi connectivity index (χ2v) is 9.86. The molecular weight excluding hydrogens is 426 g/mol. The molecule has 0 bridgehead atoms. The van der Waals surface area contributed by atoms with Crippen molar-refractivity contribution in [1.29, 1.82) is 0 Å². The Morgan fingerprint density at radius 2 is 1.88 bits per heavy atom. The summed E-state index contributed by atoms with van der Waals surface area (Å²) in [6.45, 7) is 11.1. The van der Waals surface area contributed by atoms with Crippen LogP contribution in [0, 0.1) is 5.92 Å². The predicted octanol–water partition coefficient (Wildman–Crippen LogP) is 3.18. The van der Waals surface area contributed by atoms with E-state index in [0.717, 1.165) is 31.4 Å². The van der Waals surface area contributed by atoms with Crippen LogP contribution in [0.1, 0.15) is 53.9 Å². The molecule has 1 spiro atoms. The number of carbonyl (C=O) groups excluding carboxylic acids is 2. The fraction of sp³-hybridized carbons (Fsp3) is 0.680. The molecule has 0 saturated carbocycles. The highest BCUT2D eigenvalue weighted by atomic mass is 16.7. The van der Waals surface area contributed by atoms with E-state index in [1.54, 1.807) is 6.92 Å². The summed E-state index contributed by atoms with van der Waals surface area (Å²) in [5, 5.41) is 2.63. The Morgan fingerprint density at radius 3 is 2.52 bits per heavy atom. The van der Waals surface area contributed by atoms with E-state index in [9.17, 15) is 9.59 Å². The number of hydrogen-bond acceptors (Lipinski definition) is 7. The SMILES string of the molecule is CC(=O)O[C@H](C)/C=C/C(=O)NC1OCC(C/C=C(C)/C=C/[C@H]2C[C@]3(CO3)CC(C)(C)O2)CO1. The fourth-order valence-electron chi connectivity index (χ4n) is 4.27. The van der Waals surface area contributed by atoms with Gasteiger partial charge < -0.3 is 29.0 Å². The van der Waals surface area contributed by atoms with Gasteiger partial charge in [0.1, 0.15) is 6.10 Å². The van der Waals surface area contributed by atoms with Gasteiger partial charge in [0.25, 0.3) is 0 Å². The van der Waals surface area contributed by atoms with Crippen molar-refractivity contribution < 1.29 is 33.3 Å². The molecular formula is C25H37NO7. The van der Waals surface area contributed by atoms with Crippen LogP contribution in [0.4, 0.5) is 0 Å². The van der Waals surface area contributed by atoms with Crippen LogP contribution in [0.15, 0.2) is 36.0 Å². The second-order valence-electron chi connectivity index (χ2n) is 9.86. The van der Waals surface area contributed by atoms with E-state index in [1.807, 2.05) is 0 Å². The smallest absolute Gasteiger partial charge is 0.303 e. The lowest BCUT2D eigenvalue weighted by Crippen LogP contribution is -2.44. The maximum Gasteiger partial charge on any atom is 0.303 e. The molecule has 0 aromatic heterocycles. The summed E-state index contributed by atoms with van der Waals surface area (Å²) in [7, 11) is 0. The third-order valence-corrected chi connectivity index (χ3v) is 5.79. The van der Waals surface area contributed by atoms with Gasteiger partial charge in [-0.1, -0.05) is 23.8 Å². The summed E-state index contributed by atoms with van der Waals surface area (Å²) in [6.07, 6.45) is 10.7. The van der Waals surface area contributed by atoms with Crippen molar-refractivity contribution in [3.63, 3.8) is 0 Å². The molecule has 3 atom stereocenters. The molecule has 184 valence electrons. The summed E-state index contributed by atoms with van der Waals surface area (Å²) in [5.41, 5.74) is 1.02. The van der Waals surface area contributed by atoms with Crippen molar-refractivity contribution in [2.24, 2.45) is 5.92 Å². The lowest BCUT2D eigenvalue weighted by molar-refractivity contribution is -0.213. The first-order valence-electron chi connectivity index (χ1n) is 11.6. The maximum absolute atomic E-state index is 12.0. The summed E-state index contributed by atoms with van der Waals surface area (Å²) >= 11 is 0. The van der Waals surface area contributed by atoms with Crippen LogP contribution >= 0.6 is 0 Å². The molecule has 3 fully saturated rings. The summed E-state index contributed by atoms with van der Waals surface area (Å²) < 4.78 is 28.1. The fourth-order valence-corrected chi connectivity index (χ4v) is 4.27. The number of carbonyl (C=O) groups is 2. The van der Waals surface area contributed by atoms with Crippen LogP contribution in [0.3, 0.4) is 0 Å². The lowest BCUT2D eigenvalue weighted by Gasteiger charge is -2.38. The molecule has 33 heavy (non-hydrogen) atoms.